The molecule has 21 heteroatoms. The van der Waals surface area contributed by atoms with Crippen LogP contribution in [0.4, 0.5) is 0 Å². The van der Waals surface area contributed by atoms with Crippen LogP contribution < -0.4 is 43.0 Å². The molecule has 432 valence electrons. The molecule has 0 bridgehead atoms. The molecule has 0 aliphatic carbocycles. The normalized spacial score (nSPS) is 21.6. The van der Waals surface area contributed by atoms with Gasteiger partial charge in [0.05, 0.1) is 12.6 Å². The lowest BCUT2D eigenvalue weighted by atomic mass is 9.98. The Labute approximate surface area is 480 Å². The lowest BCUT2D eigenvalue weighted by molar-refractivity contribution is -0.140. The number of amides is 8. The van der Waals surface area contributed by atoms with Crippen molar-refractivity contribution in [2.75, 3.05) is 18.8 Å². The Morgan fingerprint density at radius 3 is 1.71 bits per heavy atom. The zero-order valence-electron chi connectivity index (χ0n) is 45.8. The second-order valence-electron chi connectivity index (χ2n) is 20.7. The van der Waals surface area contributed by atoms with E-state index in [2.05, 4.69) is 37.2 Å². The van der Waals surface area contributed by atoms with Gasteiger partial charge in [0.1, 0.15) is 53.8 Å². The first kappa shape index (κ1) is 61.1. The molecule has 11 N–H and O–H groups in total. The molecular weight excluding hydrogens is 1070 g/mol. The molecule has 5 aromatic carbocycles. The molecule has 0 spiro atoms. The van der Waals surface area contributed by atoms with Crippen molar-refractivity contribution < 1.29 is 53.4 Å². The van der Waals surface area contributed by atoms with Crippen molar-refractivity contribution in [1.82, 2.24) is 42.1 Å². The molecule has 9 atom stereocenters. The second kappa shape index (κ2) is 29.8. The van der Waals surface area contributed by atoms with Crippen LogP contribution in [-0.4, -0.2) is 135 Å². The maximum Gasteiger partial charge on any atom is 0.244 e. The van der Waals surface area contributed by atoms with Crippen LogP contribution in [0.5, 0.6) is 11.5 Å². The summed E-state index contributed by atoms with van der Waals surface area (Å²) in [5.41, 5.74) is 9.60. The molecule has 2 saturated heterocycles. The first-order chi connectivity index (χ1) is 39.4. The van der Waals surface area contributed by atoms with Gasteiger partial charge in [-0.1, -0.05) is 147 Å². The van der Waals surface area contributed by atoms with Crippen LogP contribution in [0, 0.1) is 5.92 Å². The van der Waals surface area contributed by atoms with Crippen LogP contribution in [0.3, 0.4) is 0 Å². The van der Waals surface area contributed by atoms with E-state index in [0.717, 1.165) is 0 Å². The fourth-order valence-electron chi connectivity index (χ4n) is 9.74. The van der Waals surface area contributed by atoms with Gasteiger partial charge in [-0.15, -0.1) is 0 Å². The van der Waals surface area contributed by atoms with E-state index in [1.165, 1.54) is 29.2 Å². The third-order valence-corrected chi connectivity index (χ3v) is 15.6. The average molecular weight is 1140 g/mol. The molecule has 2 aliphatic rings. The summed E-state index contributed by atoms with van der Waals surface area (Å²) >= 11 is 0.643. The summed E-state index contributed by atoms with van der Waals surface area (Å²) in [5.74, 6) is -6.85. The van der Waals surface area contributed by atoms with E-state index in [0.29, 0.717) is 52.4 Å². The van der Waals surface area contributed by atoms with Crippen LogP contribution in [0.25, 0.3) is 0 Å². The van der Waals surface area contributed by atoms with Crippen LogP contribution in [-0.2, 0) is 75.3 Å². The molecule has 7 rings (SSSR count). The number of phenolic OH excluding ortho intramolecular Hbond substituents is 2. The smallest absolute Gasteiger partial charge is 0.244 e. The molecule has 82 heavy (non-hydrogen) atoms. The fraction of sp³-hybridized carbons (Fsp3) is 0.361. The topological polar surface area (TPSA) is 308 Å². The molecule has 0 radical (unpaired) electrons. The summed E-state index contributed by atoms with van der Waals surface area (Å²) in [4.78, 5) is 131. The lowest BCUT2D eigenvalue weighted by Gasteiger charge is -2.30. The number of rotatable bonds is 17. The number of nitrogens with two attached hydrogens (primary N) is 1. The molecule has 2 fully saturated rings. The molecule has 0 saturated carbocycles. The Bertz CT molecular complexity index is 3010. The van der Waals surface area contributed by atoms with Crippen molar-refractivity contribution in [1.29, 1.82) is 0 Å². The highest BCUT2D eigenvalue weighted by Crippen LogP contribution is 2.22. The van der Waals surface area contributed by atoms with Gasteiger partial charge in [0.25, 0.3) is 0 Å². The summed E-state index contributed by atoms with van der Waals surface area (Å²) in [5, 5.41) is 38.4. The van der Waals surface area contributed by atoms with E-state index >= 15 is 0 Å². The first-order valence-corrected chi connectivity index (χ1v) is 28.4. The number of likely N-dealkylation sites (tertiary alicyclic amines) is 1. The summed E-state index contributed by atoms with van der Waals surface area (Å²) < 4.78 is 0. The standard InChI is InChI=1S/C61H71N9O11S/c1-3-37(2)53-59(79)63-35-52(73)64-46(33-42-23-27-44(72)28-24-42)54(74)65-47(31-38-14-7-4-8-15-38)55(75)67-49(34-40-18-11-6-12-19-40)61(81)82-36-50(57(77)69-53)68-56(76)48(32-39-16-9-5-10-17-39)66-58(78)51-20-13-29-70(51)60(80)45(62)30-41-21-25-43(71)26-22-41/h4-12,14-19,21-28,37,45-51,53,71-72H,3,13,20,29-36,62H2,1-2H3,(H,63,79)(H,64,73)(H,65,74)(H,66,78)(H,67,75)(H,68,76)(H,69,77)/t37-,45-,46-,47-,48-,49?,50?,51-,53-/m0/s1. The summed E-state index contributed by atoms with van der Waals surface area (Å²) in [6.45, 7) is 3.08. The summed E-state index contributed by atoms with van der Waals surface area (Å²) in [6, 6.07) is 28.6. The number of benzene rings is 5. The number of nitrogens with one attached hydrogen (secondary N) is 7. The Morgan fingerprint density at radius 1 is 0.634 bits per heavy atom. The van der Waals surface area contributed by atoms with Crippen molar-refractivity contribution >= 4 is 64.1 Å². The minimum absolute atomic E-state index is 0.0292. The Hall–Kier alpha value is -8.56. The molecule has 5 aromatic rings. The number of hydrogen-bond acceptors (Lipinski definition) is 13. The number of carbonyl (C=O) groups is 9. The highest BCUT2D eigenvalue weighted by molar-refractivity contribution is 8.13. The van der Waals surface area contributed by atoms with Crippen LogP contribution >= 0.6 is 11.8 Å². The molecule has 0 aromatic heterocycles. The van der Waals surface area contributed by atoms with Gasteiger partial charge in [0, 0.05) is 38.0 Å². The highest BCUT2D eigenvalue weighted by atomic mass is 32.2. The summed E-state index contributed by atoms with van der Waals surface area (Å²) in [6.07, 6.45) is 1.02. The predicted octanol–water partition coefficient (Wildman–Crippen LogP) is 2.27. The van der Waals surface area contributed by atoms with Crippen molar-refractivity contribution in [3.63, 3.8) is 0 Å². The zero-order valence-corrected chi connectivity index (χ0v) is 46.6. The number of hydrogen-bond donors (Lipinski definition) is 10. The SMILES string of the molecule is CC[C@H](C)[C@@H]1NC(=O)C(NC(=O)[C@H](Cc2ccccc2)NC(=O)[C@@H]2CCCN2C(=O)[C@@H](N)Cc2ccc(O)cc2)CSC(=O)C(Cc2ccccc2)NC(=O)[C@H](Cc2ccccc2)NC(=O)[C@H](Cc2ccc(O)cc2)NC(=O)CNC1=O. The Kier molecular flexibility index (Phi) is 22.2. The van der Waals surface area contributed by atoms with Crippen LogP contribution in [0.2, 0.25) is 0 Å². The minimum atomic E-state index is -1.57. The van der Waals surface area contributed by atoms with Crippen LogP contribution in [0.1, 0.15) is 60.9 Å². The van der Waals surface area contributed by atoms with Crippen molar-refractivity contribution in [2.24, 2.45) is 11.7 Å². The lowest BCUT2D eigenvalue weighted by Crippen LogP contribution is -2.60. The van der Waals surface area contributed by atoms with E-state index in [-0.39, 0.29) is 56.6 Å². The van der Waals surface area contributed by atoms with Gasteiger partial charge in [-0.25, -0.2) is 0 Å². The highest BCUT2D eigenvalue weighted by Gasteiger charge is 2.40. The maximum atomic E-state index is 14.9. The quantitative estimate of drug-likeness (QED) is 0.0640. The molecule has 8 amide bonds. The van der Waals surface area contributed by atoms with Crippen LogP contribution in [0.15, 0.2) is 140 Å². The fourth-order valence-corrected chi connectivity index (χ4v) is 10.6. The molecule has 2 unspecified atom stereocenters. The van der Waals surface area contributed by atoms with E-state index in [9.17, 15) is 53.4 Å². The third kappa shape index (κ3) is 17.7. The Balaban J connectivity index is 1.20. The van der Waals surface area contributed by atoms with E-state index in [4.69, 9.17) is 5.73 Å². The maximum absolute atomic E-state index is 14.9. The van der Waals surface area contributed by atoms with E-state index < -0.39 is 119 Å². The number of nitrogens with zero attached hydrogens (tertiary/aromatic N) is 1. The predicted molar refractivity (Wildman–Crippen MR) is 308 cm³/mol. The Morgan fingerprint density at radius 2 is 1.13 bits per heavy atom. The third-order valence-electron chi connectivity index (χ3n) is 14.5. The number of carbonyl (C=O) groups excluding carboxylic acids is 9. The minimum Gasteiger partial charge on any atom is -0.508 e. The van der Waals surface area contributed by atoms with Gasteiger partial charge in [0.15, 0.2) is 0 Å². The monoisotopic (exact) mass is 1140 g/mol. The number of aromatic hydroxyl groups is 2. The van der Waals surface area contributed by atoms with Gasteiger partial charge < -0.3 is 58.1 Å². The number of thioether (sulfide) groups is 1. The molecule has 2 heterocycles. The van der Waals surface area contributed by atoms with Crippen molar-refractivity contribution in [3.05, 3.63) is 167 Å². The summed E-state index contributed by atoms with van der Waals surface area (Å²) in [7, 11) is 0. The molecule has 2 aliphatic heterocycles. The second-order valence-corrected chi connectivity index (χ2v) is 21.7. The van der Waals surface area contributed by atoms with Gasteiger partial charge >= 0.3 is 0 Å². The number of phenols is 2. The van der Waals surface area contributed by atoms with Gasteiger partial charge in [-0.05, 0) is 77.3 Å². The molecule has 20 nitrogen and oxygen atoms in total. The molecular formula is C61H71N9O11S. The average Bonchev–Trinajstić information content (AvgIpc) is 4.03. The van der Waals surface area contributed by atoms with E-state index in [1.807, 2.05) is 0 Å². The van der Waals surface area contributed by atoms with Gasteiger partial charge in [-0.2, -0.15) is 0 Å². The van der Waals surface area contributed by atoms with Crippen molar-refractivity contribution in [3.8, 4) is 11.5 Å². The van der Waals surface area contributed by atoms with Gasteiger partial charge in [-0.3, -0.25) is 43.2 Å². The van der Waals surface area contributed by atoms with Gasteiger partial charge in [0.2, 0.25) is 52.4 Å². The van der Waals surface area contributed by atoms with Crippen molar-refractivity contribution in [2.45, 2.75) is 114 Å². The largest absolute Gasteiger partial charge is 0.508 e. The zero-order chi connectivity index (χ0) is 58.7. The van der Waals surface area contributed by atoms with E-state index in [1.54, 1.807) is 129 Å². The first-order valence-electron chi connectivity index (χ1n) is 27.4.